The third-order valence-electron chi connectivity index (χ3n) is 1.24. The first-order chi connectivity index (χ1) is 6.77. The number of ether oxygens (including phenoxy) is 1. The van der Waals surface area contributed by atoms with Gasteiger partial charge < -0.3 is 10.1 Å². The summed E-state index contributed by atoms with van der Waals surface area (Å²) in [6.07, 6.45) is 0. The van der Waals surface area contributed by atoms with E-state index in [0.717, 1.165) is 19.7 Å². The van der Waals surface area contributed by atoms with Gasteiger partial charge in [-0.15, -0.1) is 0 Å². The van der Waals surface area contributed by atoms with E-state index in [1.54, 1.807) is 0 Å². The van der Waals surface area contributed by atoms with Gasteiger partial charge >= 0.3 is 0 Å². The molecule has 0 atom stereocenters. The summed E-state index contributed by atoms with van der Waals surface area (Å²) in [6.45, 7) is 13.5. The number of hydrogen-bond donors (Lipinski definition) is 1. The molecular formula is C12H25NO. The second-order valence-electron chi connectivity index (χ2n) is 2.88. The van der Waals surface area contributed by atoms with Crippen LogP contribution in [0.25, 0.3) is 0 Å². The maximum atomic E-state index is 5.25. The maximum Gasteiger partial charge on any atom is 0.107 e. The molecule has 0 aromatic rings. The van der Waals surface area contributed by atoms with Crippen LogP contribution in [0.15, 0.2) is 0 Å². The largest absolute Gasteiger partial charge is 0.367 e. The van der Waals surface area contributed by atoms with Crippen LogP contribution in [-0.4, -0.2) is 26.3 Å². The van der Waals surface area contributed by atoms with Gasteiger partial charge in [-0.2, -0.15) is 0 Å². The van der Waals surface area contributed by atoms with Crippen LogP contribution in [0, 0.1) is 17.8 Å². The standard InChI is InChI=1S/C10H19NO.C2H6/c1-4-11-7-9-12-8-5-6-10(2)3;1-2/h10-11H,4,7-9H2,1-3H3;1-2H3. The molecule has 0 fully saturated rings. The van der Waals surface area contributed by atoms with Crippen molar-refractivity contribution in [2.75, 3.05) is 26.3 Å². The number of rotatable bonds is 5. The molecule has 2 nitrogen and oxygen atoms in total. The normalized spacial score (nSPS) is 8.71. The first-order valence-corrected chi connectivity index (χ1v) is 5.54. The van der Waals surface area contributed by atoms with Gasteiger partial charge in [-0.25, -0.2) is 0 Å². The molecule has 0 saturated carbocycles. The molecule has 0 rings (SSSR count). The van der Waals surface area contributed by atoms with Crippen LogP contribution in [0.2, 0.25) is 0 Å². The SMILES string of the molecule is CC.CCNCCOCC#CC(C)C. The van der Waals surface area contributed by atoms with Crippen molar-refractivity contribution in [2.45, 2.75) is 34.6 Å². The highest BCUT2D eigenvalue weighted by Crippen LogP contribution is 1.85. The summed E-state index contributed by atoms with van der Waals surface area (Å²) in [4.78, 5) is 0. The second-order valence-corrected chi connectivity index (χ2v) is 2.88. The zero-order valence-electron chi connectivity index (χ0n) is 10.3. The van der Waals surface area contributed by atoms with Crippen LogP contribution in [0.1, 0.15) is 34.6 Å². The Morgan fingerprint density at radius 3 is 2.43 bits per heavy atom. The van der Waals surface area contributed by atoms with Gasteiger partial charge in [-0.05, 0) is 6.54 Å². The predicted octanol–water partition coefficient (Wildman–Crippen LogP) is 2.30. The third kappa shape index (κ3) is 17.5. The van der Waals surface area contributed by atoms with Gasteiger partial charge in [-0.1, -0.05) is 46.5 Å². The average molecular weight is 199 g/mol. The molecule has 0 aromatic carbocycles. The molecule has 0 amide bonds. The summed E-state index contributed by atoms with van der Waals surface area (Å²) >= 11 is 0. The summed E-state index contributed by atoms with van der Waals surface area (Å²) in [5.41, 5.74) is 0. The van der Waals surface area contributed by atoms with E-state index in [2.05, 4.69) is 37.9 Å². The van der Waals surface area contributed by atoms with Gasteiger partial charge in [0, 0.05) is 12.5 Å². The molecule has 14 heavy (non-hydrogen) atoms. The molecule has 2 heteroatoms. The van der Waals surface area contributed by atoms with Gasteiger partial charge in [0.1, 0.15) is 6.61 Å². The van der Waals surface area contributed by atoms with Crippen molar-refractivity contribution >= 4 is 0 Å². The highest BCUT2D eigenvalue weighted by molar-refractivity contribution is 5.01. The fourth-order valence-electron chi connectivity index (χ4n) is 0.690. The zero-order chi connectivity index (χ0) is 11.2. The summed E-state index contributed by atoms with van der Waals surface area (Å²) < 4.78 is 5.25. The van der Waals surface area contributed by atoms with Gasteiger partial charge in [0.05, 0.1) is 6.61 Å². The predicted molar refractivity (Wildman–Crippen MR) is 63.3 cm³/mol. The Bertz CT molecular complexity index is 144. The number of hydrogen-bond acceptors (Lipinski definition) is 2. The molecule has 0 aliphatic rings. The Hall–Kier alpha value is -0.520. The Kier molecular flexibility index (Phi) is 17.0. The molecule has 0 aliphatic heterocycles. The van der Waals surface area contributed by atoms with Crippen LogP contribution in [0.5, 0.6) is 0 Å². The minimum absolute atomic E-state index is 0.447. The molecule has 0 aromatic heterocycles. The maximum absolute atomic E-state index is 5.25. The van der Waals surface area contributed by atoms with Gasteiger partial charge in [-0.3, -0.25) is 0 Å². The van der Waals surface area contributed by atoms with E-state index < -0.39 is 0 Å². The van der Waals surface area contributed by atoms with Crippen molar-refractivity contribution in [1.82, 2.24) is 5.32 Å². The van der Waals surface area contributed by atoms with Crippen LogP contribution >= 0.6 is 0 Å². The van der Waals surface area contributed by atoms with E-state index in [4.69, 9.17) is 4.74 Å². The minimum Gasteiger partial charge on any atom is -0.367 e. The molecule has 0 unspecified atom stereocenters. The van der Waals surface area contributed by atoms with Crippen molar-refractivity contribution in [3.63, 3.8) is 0 Å². The van der Waals surface area contributed by atoms with E-state index in [0.29, 0.717) is 12.5 Å². The van der Waals surface area contributed by atoms with Gasteiger partial charge in [0.2, 0.25) is 0 Å². The molecule has 1 N–H and O–H groups in total. The Morgan fingerprint density at radius 2 is 1.93 bits per heavy atom. The molecule has 0 spiro atoms. The summed E-state index contributed by atoms with van der Waals surface area (Å²) in [6, 6.07) is 0. The molecule has 0 aliphatic carbocycles. The fraction of sp³-hybridized carbons (Fsp3) is 0.833. The topological polar surface area (TPSA) is 21.3 Å². The van der Waals surface area contributed by atoms with Crippen LogP contribution in [-0.2, 0) is 4.74 Å². The number of likely N-dealkylation sites (N-methyl/N-ethyl adjacent to an activating group) is 1. The van der Waals surface area contributed by atoms with Crippen molar-refractivity contribution in [3.05, 3.63) is 0 Å². The van der Waals surface area contributed by atoms with Crippen molar-refractivity contribution in [1.29, 1.82) is 0 Å². The lowest BCUT2D eigenvalue weighted by Gasteiger charge is -1.99. The fourth-order valence-corrected chi connectivity index (χ4v) is 0.690. The summed E-state index contributed by atoms with van der Waals surface area (Å²) in [5, 5.41) is 3.17. The van der Waals surface area contributed by atoms with E-state index in [1.807, 2.05) is 13.8 Å². The monoisotopic (exact) mass is 199 g/mol. The first kappa shape index (κ1) is 15.9. The van der Waals surface area contributed by atoms with Crippen molar-refractivity contribution in [2.24, 2.45) is 5.92 Å². The molecule has 0 saturated heterocycles. The quantitative estimate of drug-likeness (QED) is 0.542. The van der Waals surface area contributed by atoms with E-state index in [9.17, 15) is 0 Å². The van der Waals surface area contributed by atoms with Crippen molar-refractivity contribution in [3.8, 4) is 11.8 Å². The van der Waals surface area contributed by atoms with E-state index in [-0.39, 0.29) is 0 Å². The molecule has 0 bridgehead atoms. The zero-order valence-corrected chi connectivity index (χ0v) is 10.3. The van der Waals surface area contributed by atoms with Crippen LogP contribution in [0.4, 0.5) is 0 Å². The molecule has 0 heterocycles. The summed E-state index contributed by atoms with van der Waals surface area (Å²) in [7, 11) is 0. The Morgan fingerprint density at radius 1 is 1.29 bits per heavy atom. The third-order valence-corrected chi connectivity index (χ3v) is 1.24. The minimum atomic E-state index is 0.447. The highest BCUT2D eigenvalue weighted by atomic mass is 16.5. The van der Waals surface area contributed by atoms with Gasteiger partial charge in [0.15, 0.2) is 0 Å². The second kappa shape index (κ2) is 15.0. The highest BCUT2D eigenvalue weighted by Gasteiger charge is 1.84. The smallest absolute Gasteiger partial charge is 0.107 e. The average Bonchev–Trinajstić information content (AvgIpc) is 2.19. The van der Waals surface area contributed by atoms with Gasteiger partial charge in [0.25, 0.3) is 0 Å². The molecule has 0 radical (unpaired) electrons. The van der Waals surface area contributed by atoms with Crippen LogP contribution < -0.4 is 5.32 Å². The lowest BCUT2D eigenvalue weighted by molar-refractivity contribution is 0.169. The number of nitrogens with one attached hydrogen (secondary N) is 1. The van der Waals surface area contributed by atoms with Crippen LogP contribution in [0.3, 0.4) is 0 Å². The Labute approximate surface area is 89.4 Å². The van der Waals surface area contributed by atoms with E-state index in [1.165, 1.54) is 0 Å². The summed E-state index contributed by atoms with van der Waals surface area (Å²) in [5.74, 6) is 6.45. The lowest BCUT2D eigenvalue weighted by Crippen LogP contribution is -2.18. The van der Waals surface area contributed by atoms with Crippen molar-refractivity contribution < 1.29 is 4.74 Å². The first-order valence-electron chi connectivity index (χ1n) is 5.54. The van der Waals surface area contributed by atoms with E-state index >= 15 is 0 Å². The molecule has 84 valence electrons. The Balaban J connectivity index is 0. The lowest BCUT2D eigenvalue weighted by atomic mass is 10.2. The molecular weight excluding hydrogens is 174 g/mol.